The van der Waals surface area contributed by atoms with E-state index in [4.69, 9.17) is 5.73 Å². The molecule has 1 aromatic rings. The van der Waals surface area contributed by atoms with Gasteiger partial charge in [-0.3, -0.25) is 0 Å². The van der Waals surface area contributed by atoms with Crippen LogP contribution in [0.1, 0.15) is 28.9 Å². The molecule has 1 heterocycles. The third-order valence-corrected chi connectivity index (χ3v) is 2.13. The fraction of sp³-hybridized carbons (Fsp3) is 0.444. The Kier molecular flexibility index (Phi) is 3.47. The maximum Gasteiger partial charge on any atom is 0.433 e. The zero-order chi connectivity index (χ0) is 12.5. The molecule has 0 radical (unpaired) electrons. The molecule has 7 heteroatoms. The maximum absolute atomic E-state index is 12.5. The van der Waals surface area contributed by atoms with E-state index in [1.165, 1.54) is 6.92 Å². The molecule has 0 saturated carbocycles. The van der Waals surface area contributed by atoms with Gasteiger partial charge in [0, 0.05) is 12.1 Å². The van der Waals surface area contributed by atoms with Crippen molar-refractivity contribution >= 4 is 0 Å². The lowest BCUT2D eigenvalue weighted by molar-refractivity contribution is -0.141. The van der Waals surface area contributed by atoms with Crippen molar-refractivity contribution < 1.29 is 22.0 Å². The van der Waals surface area contributed by atoms with Gasteiger partial charge in [0.05, 0.1) is 5.69 Å². The highest BCUT2D eigenvalue weighted by Gasteiger charge is 2.34. The van der Waals surface area contributed by atoms with Crippen molar-refractivity contribution in [1.29, 1.82) is 0 Å². The Hall–Kier alpha value is -1.24. The number of halogens is 5. The number of pyridine rings is 1. The summed E-state index contributed by atoms with van der Waals surface area (Å²) in [6.45, 7) is 0.965. The monoisotopic (exact) mass is 240 g/mol. The molecule has 0 atom stereocenters. The molecule has 16 heavy (non-hydrogen) atoms. The average Bonchev–Trinajstić information content (AvgIpc) is 2.15. The van der Waals surface area contributed by atoms with Gasteiger partial charge in [-0.15, -0.1) is 0 Å². The minimum atomic E-state index is -4.75. The van der Waals surface area contributed by atoms with E-state index in [2.05, 4.69) is 4.98 Å². The second kappa shape index (κ2) is 4.32. The zero-order valence-corrected chi connectivity index (χ0v) is 8.28. The van der Waals surface area contributed by atoms with Crippen molar-refractivity contribution in [2.45, 2.75) is 26.1 Å². The van der Waals surface area contributed by atoms with Gasteiger partial charge in [0.2, 0.25) is 0 Å². The Morgan fingerprint density at radius 2 is 1.94 bits per heavy atom. The van der Waals surface area contributed by atoms with Crippen LogP contribution in [0.25, 0.3) is 0 Å². The molecule has 0 amide bonds. The molecule has 2 N–H and O–H groups in total. The van der Waals surface area contributed by atoms with Crippen LogP contribution in [0.15, 0.2) is 6.07 Å². The molecule has 2 nitrogen and oxygen atoms in total. The maximum atomic E-state index is 12.5. The molecule has 0 aliphatic carbocycles. The third kappa shape index (κ3) is 2.46. The summed E-state index contributed by atoms with van der Waals surface area (Å²) in [7, 11) is 0. The molecule has 0 unspecified atom stereocenters. The summed E-state index contributed by atoms with van der Waals surface area (Å²) in [6.07, 6.45) is -7.73. The van der Waals surface area contributed by atoms with Crippen LogP contribution in [-0.4, -0.2) is 4.98 Å². The van der Waals surface area contributed by atoms with E-state index in [0.29, 0.717) is 6.07 Å². The summed E-state index contributed by atoms with van der Waals surface area (Å²) in [5.41, 5.74) is 2.98. The number of nitrogens with zero attached hydrogens (tertiary/aromatic N) is 1. The van der Waals surface area contributed by atoms with Gasteiger partial charge >= 0.3 is 6.18 Å². The lowest BCUT2D eigenvalue weighted by Gasteiger charge is -2.13. The lowest BCUT2D eigenvalue weighted by atomic mass is 10.1. The standard InChI is InChI=1S/C9H9F5N2/c1-4-5(8(10)11)2-7(9(12,13)14)16-6(4)3-15/h2,8H,3,15H2,1H3. The first-order valence-electron chi connectivity index (χ1n) is 4.33. The van der Waals surface area contributed by atoms with Crippen molar-refractivity contribution in [2.75, 3.05) is 0 Å². The molecule has 0 spiro atoms. The smallest absolute Gasteiger partial charge is 0.325 e. The molecule has 0 saturated heterocycles. The molecular formula is C9H9F5N2. The van der Waals surface area contributed by atoms with Gasteiger partial charge in [0.15, 0.2) is 0 Å². The summed E-state index contributed by atoms with van der Waals surface area (Å²) in [5, 5.41) is 0. The number of alkyl halides is 5. The zero-order valence-electron chi connectivity index (χ0n) is 8.28. The van der Waals surface area contributed by atoms with Crippen LogP contribution < -0.4 is 5.73 Å². The minimum absolute atomic E-state index is 0.00509. The number of hydrogen-bond donors (Lipinski definition) is 1. The van der Waals surface area contributed by atoms with Gasteiger partial charge in [-0.2, -0.15) is 13.2 Å². The van der Waals surface area contributed by atoms with E-state index in [1.807, 2.05) is 0 Å². The van der Waals surface area contributed by atoms with Crippen LogP contribution in [-0.2, 0) is 12.7 Å². The molecule has 1 rings (SSSR count). The van der Waals surface area contributed by atoms with Gasteiger partial charge in [-0.05, 0) is 18.6 Å². The van der Waals surface area contributed by atoms with E-state index >= 15 is 0 Å². The summed E-state index contributed by atoms with van der Waals surface area (Å²) in [5.74, 6) is 0. The van der Waals surface area contributed by atoms with E-state index < -0.39 is 23.9 Å². The molecule has 0 aromatic carbocycles. The minimum Gasteiger partial charge on any atom is -0.325 e. The van der Waals surface area contributed by atoms with E-state index in [1.54, 1.807) is 0 Å². The first-order chi connectivity index (χ1) is 7.27. The molecule has 1 aromatic heterocycles. The Balaban J connectivity index is 3.40. The summed E-state index contributed by atoms with van der Waals surface area (Å²) < 4.78 is 61.9. The van der Waals surface area contributed by atoms with Crippen molar-refractivity contribution in [3.63, 3.8) is 0 Å². The molecule has 90 valence electrons. The number of nitrogens with two attached hydrogens (primary N) is 1. The summed E-state index contributed by atoms with van der Waals surface area (Å²) in [4.78, 5) is 3.22. The van der Waals surface area contributed by atoms with Crippen molar-refractivity contribution in [1.82, 2.24) is 4.98 Å². The highest BCUT2D eigenvalue weighted by molar-refractivity contribution is 5.33. The van der Waals surface area contributed by atoms with Gasteiger partial charge in [-0.25, -0.2) is 13.8 Å². The topological polar surface area (TPSA) is 38.9 Å². The largest absolute Gasteiger partial charge is 0.433 e. The molecule has 0 aliphatic rings. The van der Waals surface area contributed by atoms with Crippen molar-refractivity contribution in [3.8, 4) is 0 Å². The first-order valence-corrected chi connectivity index (χ1v) is 4.33. The van der Waals surface area contributed by atoms with E-state index in [-0.39, 0.29) is 17.8 Å². The normalized spacial score (nSPS) is 12.2. The van der Waals surface area contributed by atoms with Gasteiger partial charge in [0.25, 0.3) is 6.43 Å². The van der Waals surface area contributed by atoms with Gasteiger partial charge in [0.1, 0.15) is 5.69 Å². The fourth-order valence-electron chi connectivity index (χ4n) is 1.25. The second-order valence-electron chi connectivity index (χ2n) is 3.17. The summed E-state index contributed by atoms with van der Waals surface area (Å²) in [6, 6.07) is 0.360. The number of aromatic nitrogens is 1. The van der Waals surface area contributed by atoms with Crippen LogP contribution in [0.2, 0.25) is 0 Å². The summed E-state index contributed by atoms with van der Waals surface area (Å²) >= 11 is 0. The highest BCUT2D eigenvalue weighted by Crippen LogP contribution is 2.32. The molecular weight excluding hydrogens is 231 g/mol. The Morgan fingerprint density at radius 3 is 2.31 bits per heavy atom. The molecule has 0 aliphatic heterocycles. The quantitative estimate of drug-likeness (QED) is 0.807. The Bertz CT molecular complexity index is 386. The van der Waals surface area contributed by atoms with Gasteiger partial charge in [-0.1, -0.05) is 0 Å². The molecule has 0 fully saturated rings. The lowest BCUT2D eigenvalue weighted by Crippen LogP contribution is -2.14. The van der Waals surface area contributed by atoms with Gasteiger partial charge < -0.3 is 5.73 Å². The predicted molar refractivity (Wildman–Crippen MR) is 46.8 cm³/mol. The number of hydrogen-bond acceptors (Lipinski definition) is 2. The average molecular weight is 240 g/mol. The van der Waals surface area contributed by atoms with Crippen LogP contribution in [0.3, 0.4) is 0 Å². The predicted octanol–water partition coefficient (Wildman–Crippen LogP) is 2.81. The third-order valence-electron chi connectivity index (χ3n) is 2.13. The molecule has 0 bridgehead atoms. The van der Waals surface area contributed by atoms with E-state index in [9.17, 15) is 22.0 Å². The van der Waals surface area contributed by atoms with Crippen LogP contribution in [0, 0.1) is 6.92 Å². The number of rotatable bonds is 2. The van der Waals surface area contributed by atoms with Crippen LogP contribution >= 0.6 is 0 Å². The second-order valence-corrected chi connectivity index (χ2v) is 3.17. The van der Waals surface area contributed by atoms with Crippen LogP contribution in [0.4, 0.5) is 22.0 Å². The fourth-order valence-corrected chi connectivity index (χ4v) is 1.25. The van der Waals surface area contributed by atoms with E-state index in [0.717, 1.165) is 0 Å². The highest BCUT2D eigenvalue weighted by atomic mass is 19.4. The SMILES string of the molecule is Cc1c(C(F)F)cc(C(F)(F)F)nc1CN. The van der Waals surface area contributed by atoms with Crippen molar-refractivity contribution in [3.05, 3.63) is 28.6 Å². The van der Waals surface area contributed by atoms with Crippen molar-refractivity contribution in [2.24, 2.45) is 5.73 Å². The van der Waals surface area contributed by atoms with Crippen LogP contribution in [0.5, 0.6) is 0 Å². The first kappa shape index (κ1) is 12.8. The Morgan fingerprint density at radius 1 is 1.38 bits per heavy atom. The Labute approximate surface area is 88.3 Å².